The van der Waals surface area contributed by atoms with Crippen molar-refractivity contribution in [3.05, 3.63) is 54.1 Å². The second-order valence-corrected chi connectivity index (χ2v) is 6.65. The number of amides is 3. The molecule has 0 radical (unpaired) electrons. The predicted molar refractivity (Wildman–Crippen MR) is 110 cm³/mol. The molecule has 0 unspecified atom stereocenters. The van der Waals surface area contributed by atoms with Gasteiger partial charge < -0.3 is 27.2 Å². The van der Waals surface area contributed by atoms with Crippen LogP contribution < -0.4 is 27.6 Å². The first-order chi connectivity index (χ1) is 14.3. The summed E-state index contributed by atoms with van der Waals surface area (Å²) in [5.41, 5.74) is 15.0. The number of hydrogen-bond donors (Lipinski definition) is 7. The third kappa shape index (κ3) is 5.84. The van der Waals surface area contributed by atoms with Gasteiger partial charge in [-0.05, 0) is 42.3 Å². The number of aliphatic hydroxyl groups excluding tert-OH is 1. The number of hydroxylamine groups is 1. The van der Waals surface area contributed by atoms with Crippen molar-refractivity contribution >= 4 is 23.4 Å². The summed E-state index contributed by atoms with van der Waals surface area (Å²) in [6.45, 7) is 1.27. The van der Waals surface area contributed by atoms with E-state index in [2.05, 4.69) is 10.6 Å². The Labute approximate surface area is 173 Å². The molecule has 0 aliphatic rings. The molecule has 10 heteroatoms. The van der Waals surface area contributed by atoms with Crippen LogP contribution in [0.4, 0.5) is 5.69 Å². The van der Waals surface area contributed by atoms with E-state index in [-0.39, 0.29) is 6.54 Å². The van der Waals surface area contributed by atoms with Crippen LogP contribution in [0.15, 0.2) is 48.5 Å². The van der Waals surface area contributed by atoms with Gasteiger partial charge in [-0.15, -0.1) is 0 Å². The van der Waals surface area contributed by atoms with Crippen molar-refractivity contribution in [2.45, 2.75) is 25.1 Å². The van der Waals surface area contributed by atoms with Crippen molar-refractivity contribution in [3.8, 4) is 11.1 Å². The smallest absolute Gasteiger partial charge is 0.267 e. The maximum Gasteiger partial charge on any atom is 0.267 e. The van der Waals surface area contributed by atoms with Crippen LogP contribution in [0.2, 0.25) is 0 Å². The zero-order valence-electron chi connectivity index (χ0n) is 16.3. The maximum absolute atomic E-state index is 12.2. The lowest BCUT2D eigenvalue weighted by Crippen LogP contribution is -2.50. The largest absolute Gasteiger partial charge is 0.391 e. The minimum absolute atomic E-state index is 0.165. The van der Waals surface area contributed by atoms with Gasteiger partial charge in [0.1, 0.15) is 12.1 Å². The molecule has 0 saturated carbocycles. The molecule has 9 N–H and O–H groups in total. The molecular weight excluding hydrogens is 390 g/mol. The van der Waals surface area contributed by atoms with Gasteiger partial charge >= 0.3 is 0 Å². The van der Waals surface area contributed by atoms with E-state index in [0.717, 1.165) is 11.1 Å². The van der Waals surface area contributed by atoms with Gasteiger partial charge in [0, 0.05) is 17.8 Å². The van der Waals surface area contributed by atoms with E-state index in [0.29, 0.717) is 11.3 Å². The molecule has 2 aromatic carbocycles. The lowest BCUT2D eigenvalue weighted by atomic mass is 10.0. The van der Waals surface area contributed by atoms with Gasteiger partial charge in [-0.25, -0.2) is 5.48 Å². The molecule has 0 aromatic heterocycles. The molecule has 3 amide bonds. The number of rotatable bonds is 8. The van der Waals surface area contributed by atoms with Crippen LogP contribution in [0.5, 0.6) is 0 Å². The van der Waals surface area contributed by atoms with Gasteiger partial charge in [-0.2, -0.15) is 0 Å². The van der Waals surface area contributed by atoms with Gasteiger partial charge in [0.25, 0.3) is 11.8 Å². The Hall–Kier alpha value is -3.31. The van der Waals surface area contributed by atoms with Gasteiger partial charge in [0.15, 0.2) is 0 Å². The van der Waals surface area contributed by atoms with Crippen LogP contribution in [-0.2, 0) is 9.59 Å². The highest BCUT2D eigenvalue weighted by molar-refractivity contribution is 5.98. The minimum Gasteiger partial charge on any atom is -0.391 e. The minimum atomic E-state index is -1.05. The topological polar surface area (TPSA) is 180 Å². The fourth-order valence-corrected chi connectivity index (χ4v) is 2.56. The van der Waals surface area contributed by atoms with Crippen LogP contribution in [0.3, 0.4) is 0 Å². The van der Waals surface area contributed by atoms with E-state index in [1.54, 1.807) is 48.5 Å². The highest BCUT2D eigenvalue weighted by Gasteiger charge is 2.20. The number of nitrogens with one attached hydrogen (secondary N) is 3. The SMILES string of the molecule is C[C@@H](O)[C@H](N)C(=O)Nc1ccc(-c2ccc(C(=O)N[C@@H](CN)C(=O)NO)cc2)cc1. The fourth-order valence-electron chi connectivity index (χ4n) is 2.56. The first kappa shape index (κ1) is 23.0. The quantitative estimate of drug-likeness (QED) is 0.225. The van der Waals surface area contributed by atoms with Crippen LogP contribution in [0, 0.1) is 0 Å². The molecule has 2 rings (SSSR count). The lowest BCUT2D eigenvalue weighted by molar-refractivity contribution is -0.130. The molecule has 0 saturated heterocycles. The Balaban J connectivity index is 2.05. The van der Waals surface area contributed by atoms with Crippen LogP contribution in [0.25, 0.3) is 11.1 Å². The number of nitrogens with two attached hydrogens (primary N) is 2. The van der Waals surface area contributed by atoms with Crippen LogP contribution >= 0.6 is 0 Å². The summed E-state index contributed by atoms with van der Waals surface area (Å²) in [6.07, 6.45) is -0.960. The highest BCUT2D eigenvalue weighted by Crippen LogP contribution is 2.22. The molecule has 30 heavy (non-hydrogen) atoms. The van der Waals surface area contributed by atoms with Crippen LogP contribution in [-0.4, -0.2) is 52.8 Å². The monoisotopic (exact) mass is 415 g/mol. The van der Waals surface area contributed by atoms with Gasteiger partial charge in [-0.3, -0.25) is 19.6 Å². The van der Waals surface area contributed by atoms with Gasteiger partial charge in [0.2, 0.25) is 5.91 Å². The summed E-state index contributed by atoms with van der Waals surface area (Å²) >= 11 is 0. The van der Waals surface area contributed by atoms with Crippen molar-refractivity contribution in [2.75, 3.05) is 11.9 Å². The zero-order chi connectivity index (χ0) is 22.3. The highest BCUT2D eigenvalue weighted by atomic mass is 16.5. The van der Waals surface area contributed by atoms with E-state index >= 15 is 0 Å². The molecular formula is C20H25N5O5. The van der Waals surface area contributed by atoms with Gasteiger partial charge in [0.05, 0.1) is 6.10 Å². The summed E-state index contributed by atoms with van der Waals surface area (Å²) in [5, 5.41) is 23.1. The molecule has 0 bridgehead atoms. The Morgan fingerprint density at radius 1 is 0.967 bits per heavy atom. The van der Waals surface area contributed by atoms with E-state index < -0.39 is 35.9 Å². The van der Waals surface area contributed by atoms with E-state index in [9.17, 15) is 19.5 Å². The van der Waals surface area contributed by atoms with E-state index in [1.807, 2.05) is 0 Å². The van der Waals surface area contributed by atoms with Crippen molar-refractivity contribution in [3.63, 3.8) is 0 Å². The second-order valence-electron chi connectivity index (χ2n) is 6.65. The van der Waals surface area contributed by atoms with Crippen LogP contribution in [0.1, 0.15) is 17.3 Å². The number of carbonyl (C=O) groups excluding carboxylic acids is 3. The van der Waals surface area contributed by atoms with E-state index in [1.165, 1.54) is 12.4 Å². The number of carbonyl (C=O) groups is 3. The average molecular weight is 415 g/mol. The number of anilines is 1. The number of hydrogen-bond acceptors (Lipinski definition) is 7. The van der Waals surface area contributed by atoms with Crippen molar-refractivity contribution in [1.82, 2.24) is 10.8 Å². The summed E-state index contributed by atoms with van der Waals surface area (Å²) in [4.78, 5) is 35.5. The fraction of sp³-hybridized carbons (Fsp3) is 0.250. The normalized spacial score (nSPS) is 13.6. The molecule has 0 heterocycles. The van der Waals surface area contributed by atoms with Crippen molar-refractivity contribution in [1.29, 1.82) is 0 Å². The summed E-state index contributed by atoms with van der Waals surface area (Å²) in [7, 11) is 0. The maximum atomic E-state index is 12.2. The summed E-state index contributed by atoms with van der Waals surface area (Å²) in [6, 6.07) is 11.5. The molecule has 0 fully saturated rings. The first-order valence-electron chi connectivity index (χ1n) is 9.16. The zero-order valence-corrected chi connectivity index (χ0v) is 16.3. The standard InChI is InChI=1S/C20H25N5O5/c1-11(26)17(22)20(29)23-15-8-6-13(7-9-15)12-2-4-14(5-3-12)18(27)24-16(10-21)19(28)25-30/h2-9,11,16-17,26,30H,10,21-22H2,1H3,(H,23,29)(H,24,27)(H,25,28)/t11-,16+,17+/m1/s1. The third-order valence-corrected chi connectivity index (χ3v) is 4.42. The Kier molecular flexibility index (Phi) is 8.01. The third-order valence-electron chi connectivity index (χ3n) is 4.42. The van der Waals surface area contributed by atoms with Crippen molar-refractivity contribution in [2.24, 2.45) is 11.5 Å². The number of benzene rings is 2. The van der Waals surface area contributed by atoms with E-state index in [4.69, 9.17) is 16.7 Å². The lowest BCUT2D eigenvalue weighted by Gasteiger charge is -2.15. The molecule has 0 aliphatic heterocycles. The molecule has 160 valence electrons. The van der Waals surface area contributed by atoms with Gasteiger partial charge in [-0.1, -0.05) is 24.3 Å². The number of aliphatic hydroxyl groups is 1. The summed E-state index contributed by atoms with van der Waals surface area (Å²) in [5.74, 6) is -1.80. The molecule has 3 atom stereocenters. The Bertz CT molecular complexity index is 883. The molecule has 0 spiro atoms. The Morgan fingerprint density at radius 3 is 1.97 bits per heavy atom. The molecule has 0 aliphatic carbocycles. The Morgan fingerprint density at radius 2 is 1.50 bits per heavy atom. The predicted octanol–water partition coefficient (Wildman–Crippen LogP) is -0.437. The average Bonchev–Trinajstić information content (AvgIpc) is 2.76. The van der Waals surface area contributed by atoms with Crippen molar-refractivity contribution < 1.29 is 24.7 Å². The molecule has 10 nitrogen and oxygen atoms in total. The first-order valence-corrected chi connectivity index (χ1v) is 9.16. The summed E-state index contributed by atoms with van der Waals surface area (Å²) < 4.78 is 0. The second kappa shape index (κ2) is 10.5. The molecule has 2 aromatic rings.